The smallest absolute Gasteiger partial charge is 0.237 e. The van der Waals surface area contributed by atoms with Gasteiger partial charge in [-0.25, -0.2) is 0 Å². The summed E-state index contributed by atoms with van der Waals surface area (Å²) in [6.45, 7) is 5.10. The van der Waals surface area contributed by atoms with Gasteiger partial charge in [-0.3, -0.25) is 0 Å². The van der Waals surface area contributed by atoms with E-state index in [0.717, 1.165) is 24.2 Å². The first-order chi connectivity index (χ1) is 10.2. The largest absolute Gasteiger partial charge is 0.338 e. The quantitative estimate of drug-likeness (QED) is 0.790. The molecular formula is C16H21N3OS. The molecule has 0 amide bonds. The number of hydrogen-bond donors (Lipinski definition) is 1. The van der Waals surface area contributed by atoms with Crippen LogP contribution >= 0.6 is 11.8 Å². The highest BCUT2D eigenvalue weighted by Gasteiger charge is 2.19. The van der Waals surface area contributed by atoms with E-state index in [2.05, 4.69) is 53.6 Å². The van der Waals surface area contributed by atoms with Crippen molar-refractivity contribution in [3.05, 3.63) is 41.5 Å². The van der Waals surface area contributed by atoms with Crippen molar-refractivity contribution in [2.75, 3.05) is 0 Å². The van der Waals surface area contributed by atoms with Gasteiger partial charge in [0.2, 0.25) is 5.89 Å². The van der Waals surface area contributed by atoms with Crippen LogP contribution in [-0.2, 0) is 12.3 Å². The fraction of sp³-hybridized carbons (Fsp3) is 0.500. The van der Waals surface area contributed by atoms with Gasteiger partial charge in [-0.15, -0.1) is 11.8 Å². The summed E-state index contributed by atoms with van der Waals surface area (Å²) < 4.78 is 5.25. The molecule has 1 N–H and O–H groups in total. The maximum absolute atomic E-state index is 5.25. The molecule has 0 spiro atoms. The molecule has 1 aromatic heterocycles. The second-order valence-corrected chi connectivity index (χ2v) is 6.84. The number of hydrogen-bond acceptors (Lipinski definition) is 5. The Bertz CT molecular complexity index is 575. The molecule has 1 aliphatic carbocycles. The normalized spacial score (nSPS) is 14.8. The zero-order valence-electron chi connectivity index (χ0n) is 12.5. The van der Waals surface area contributed by atoms with Crippen molar-refractivity contribution < 1.29 is 4.52 Å². The van der Waals surface area contributed by atoms with Crippen molar-refractivity contribution in [1.82, 2.24) is 15.5 Å². The first-order valence-corrected chi connectivity index (χ1v) is 8.47. The zero-order valence-corrected chi connectivity index (χ0v) is 13.3. The van der Waals surface area contributed by atoms with Gasteiger partial charge in [0.05, 0.1) is 5.75 Å². The number of nitrogens with one attached hydrogen (secondary N) is 1. The molecular weight excluding hydrogens is 282 g/mol. The van der Waals surface area contributed by atoms with E-state index in [1.165, 1.54) is 23.3 Å². The number of rotatable bonds is 7. The monoisotopic (exact) mass is 303 g/mol. The second-order valence-electron chi connectivity index (χ2n) is 5.79. The van der Waals surface area contributed by atoms with E-state index in [1.54, 1.807) is 11.8 Å². The van der Waals surface area contributed by atoms with Crippen LogP contribution in [0.5, 0.6) is 0 Å². The summed E-state index contributed by atoms with van der Waals surface area (Å²) in [5.74, 6) is 2.51. The minimum absolute atomic E-state index is 0.311. The molecule has 1 saturated carbocycles. The lowest BCUT2D eigenvalue weighted by atomic mass is 10.2. The first kappa shape index (κ1) is 14.6. The van der Waals surface area contributed by atoms with Crippen LogP contribution in [0, 0.1) is 0 Å². The average molecular weight is 303 g/mol. The topological polar surface area (TPSA) is 51.0 Å². The minimum atomic E-state index is 0.311. The fourth-order valence-corrected chi connectivity index (χ4v) is 2.70. The minimum Gasteiger partial charge on any atom is -0.338 e. The summed E-state index contributed by atoms with van der Waals surface area (Å²) in [4.78, 5) is 5.62. The van der Waals surface area contributed by atoms with E-state index in [1.807, 2.05) is 0 Å². The second kappa shape index (κ2) is 6.62. The molecule has 0 bridgehead atoms. The molecule has 4 nitrogen and oxygen atoms in total. The van der Waals surface area contributed by atoms with E-state index in [-0.39, 0.29) is 0 Å². The Morgan fingerprint density at radius 3 is 2.67 bits per heavy atom. The van der Waals surface area contributed by atoms with Gasteiger partial charge in [0.1, 0.15) is 0 Å². The third-order valence-corrected chi connectivity index (χ3v) is 4.45. The highest BCUT2D eigenvalue weighted by atomic mass is 32.2. The van der Waals surface area contributed by atoms with Crippen LogP contribution < -0.4 is 5.32 Å². The number of nitrogens with zero attached hydrogens (tertiary/aromatic N) is 2. The third-order valence-electron chi connectivity index (χ3n) is 3.46. The van der Waals surface area contributed by atoms with Crippen LogP contribution in [0.25, 0.3) is 0 Å². The molecule has 0 radical (unpaired) electrons. The summed E-state index contributed by atoms with van der Waals surface area (Å²) >= 11 is 1.73. The van der Waals surface area contributed by atoms with Crippen molar-refractivity contribution in [3.63, 3.8) is 0 Å². The van der Waals surface area contributed by atoms with E-state index in [9.17, 15) is 0 Å². The predicted octanol–water partition coefficient (Wildman–Crippen LogP) is 3.74. The predicted molar refractivity (Wildman–Crippen MR) is 84.3 cm³/mol. The van der Waals surface area contributed by atoms with E-state index < -0.39 is 0 Å². The molecule has 3 rings (SSSR count). The first-order valence-electron chi connectivity index (χ1n) is 7.48. The molecule has 21 heavy (non-hydrogen) atoms. The Morgan fingerprint density at radius 1 is 1.29 bits per heavy atom. The van der Waals surface area contributed by atoms with Crippen LogP contribution in [0.2, 0.25) is 0 Å². The van der Waals surface area contributed by atoms with Crippen molar-refractivity contribution in [1.29, 1.82) is 0 Å². The van der Waals surface area contributed by atoms with Crippen LogP contribution in [0.15, 0.2) is 33.7 Å². The highest BCUT2D eigenvalue weighted by Crippen LogP contribution is 2.24. The van der Waals surface area contributed by atoms with Crippen LogP contribution in [0.1, 0.15) is 49.9 Å². The van der Waals surface area contributed by atoms with Crippen molar-refractivity contribution in [2.45, 2.75) is 55.8 Å². The molecule has 0 aliphatic heterocycles. The molecule has 5 heteroatoms. The maximum Gasteiger partial charge on any atom is 0.237 e. The maximum atomic E-state index is 5.25. The van der Waals surface area contributed by atoms with Crippen LogP contribution in [0.4, 0.5) is 0 Å². The van der Waals surface area contributed by atoms with Crippen LogP contribution in [-0.4, -0.2) is 16.2 Å². The summed E-state index contributed by atoms with van der Waals surface area (Å²) in [5.41, 5.74) is 1.34. The molecule has 0 unspecified atom stereocenters. The average Bonchev–Trinajstić information content (AvgIpc) is 3.19. The zero-order chi connectivity index (χ0) is 14.7. The fourth-order valence-electron chi connectivity index (χ4n) is 1.96. The summed E-state index contributed by atoms with van der Waals surface area (Å²) in [6, 6.07) is 9.45. The lowest BCUT2D eigenvalue weighted by Crippen LogP contribution is -2.14. The van der Waals surface area contributed by atoms with E-state index in [4.69, 9.17) is 4.52 Å². The van der Waals surface area contributed by atoms with Gasteiger partial charge in [-0.05, 0) is 30.5 Å². The van der Waals surface area contributed by atoms with Crippen molar-refractivity contribution in [2.24, 2.45) is 0 Å². The van der Waals surface area contributed by atoms with Gasteiger partial charge >= 0.3 is 0 Å². The van der Waals surface area contributed by atoms with Gasteiger partial charge in [0, 0.05) is 23.4 Å². The standard InChI is InChI=1S/C16H21N3OS/c1-11(2)16-18-15(20-19-16)10-21-14-7-3-12(4-8-14)9-17-13-5-6-13/h3-4,7-8,11,13,17H,5-6,9-10H2,1-2H3. The number of benzene rings is 1. The Labute approximate surface area is 129 Å². The molecule has 1 aromatic carbocycles. The lowest BCUT2D eigenvalue weighted by Gasteiger charge is -2.04. The Hall–Kier alpha value is -1.33. The van der Waals surface area contributed by atoms with Gasteiger partial charge in [-0.2, -0.15) is 4.98 Å². The molecule has 1 aliphatic rings. The number of aromatic nitrogens is 2. The SMILES string of the molecule is CC(C)c1noc(CSc2ccc(CNC3CC3)cc2)n1. The van der Waals surface area contributed by atoms with Crippen LogP contribution in [0.3, 0.4) is 0 Å². The lowest BCUT2D eigenvalue weighted by molar-refractivity contribution is 0.383. The summed E-state index contributed by atoms with van der Waals surface area (Å²) in [7, 11) is 0. The summed E-state index contributed by atoms with van der Waals surface area (Å²) in [6.07, 6.45) is 2.66. The molecule has 0 atom stereocenters. The van der Waals surface area contributed by atoms with Gasteiger partial charge in [0.15, 0.2) is 5.82 Å². The van der Waals surface area contributed by atoms with E-state index >= 15 is 0 Å². The van der Waals surface area contributed by atoms with Crippen molar-refractivity contribution >= 4 is 11.8 Å². The van der Waals surface area contributed by atoms with E-state index in [0.29, 0.717) is 11.8 Å². The third kappa shape index (κ3) is 4.32. The summed E-state index contributed by atoms with van der Waals surface area (Å²) in [5, 5.41) is 7.50. The number of thioether (sulfide) groups is 1. The Kier molecular flexibility index (Phi) is 4.60. The van der Waals surface area contributed by atoms with Gasteiger partial charge in [-0.1, -0.05) is 31.1 Å². The van der Waals surface area contributed by atoms with Gasteiger partial charge < -0.3 is 9.84 Å². The molecule has 0 saturated heterocycles. The Balaban J connectivity index is 1.49. The Morgan fingerprint density at radius 2 is 2.05 bits per heavy atom. The molecule has 1 heterocycles. The molecule has 112 valence electrons. The van der Waals surface area contributed by atoms with Crippen molar-refractivity contribution in [3.8, 4) is 0 Å². The molecule has 1 fully saturated rings. The molecule has 2 aromatic rings. The van der Waals surface area contributed by atoms with Gasteiger partial charge in [0.25, 0.3) is 0 Å². The highest BCUT2D eigenvalue weighted by molar-refractivity contribution is 7.98.